The molecule has 2 heterocycles. The van der Waals surface area contributed by atoms with Crippen LogP contribution in [-0.2, 0) is 9.53 Å². The number of ether oxygens (including phenoxy) is 1. The Labute approximate surface area is 103 Å². The highest BCUT2D eigenvalue weighted by molar-refractivity contribution is 7.98. The Morgan fingerprint density at radius 1 is 1.65 bits per heavy atom. The van der Waals surface area contributed by atoms with Crippen LogP contribution >= 0.6 is 11.8 Å². The van der Waals surface area contributed by atoms with Gasteiger partial charge in [0.1, 0.15) is 17.2 Å². The molecule has 1 aliphatic heterocycles. The van der Waals surface area contributed by atoms with Gasteiger partial charge in [-0.05, 0) is 6.26 Å². The summed E-state index contributed by atoms with van der Waals surface area (Å²) in [6.07, 6.45) is 2.65. The van der Waals surface area contributed by atoms with Crippen molar-refractivity contribution in [2.45, 2.75) is 11.1 Å². The largest absolute Gasteiger partial charge is 0.479 e. The van der Waals surface area contributed by atoms with Crippen molar-refractivity contribution in [2.24, 2.45) is 0 Å². The molecule has 0 aromatic carbocycles. The SMILES string of the molecule is CSc1cc(N2CCOC(C(=O)O)C2)ncn1. The summed E-state index contributed by atoms with van der Waals surface area (Å²) < 4.78 is 5.16. The molecule has 0 spiro atoms. The third-order valence-electron chi connectivity index (χ3n) is 2.50. The van der Waals surface area contributed by atoms with Crippen LogP contribution in [0.3, 0.4) is 0 Å². The summed E-state index contributed by atoms with van der Waals surface area (Å²) in [6, 6.07) is 1.86. The van der Waals surface area contributed by atoms with Crippen LogP contribution in [0.15, 0.2) is 17.4 Å². The molecular weight excluding hydrogens is 242 g/mol. The minimum Gasteiger partial charge on any atom is -0.479 e. The number of aliphatic carboxylic acids is 1. The quantitative estimate of drug-likeness (QED) is 0.622. The molecule has 1 aliphatic rings. The van der Waals surface area contributed by atoms with Crippen molar-refractivity contribution in [3.05, 3.63) is 12.4 Å². The van der Waals surface area contributed by atoms with Crippen LogP contribution in [0, 0.1) is 0 Å². The predicted octanol–water partition coefficient (Wildman–Crippen LogP) is 0.488. The second kappa shape index (κ2) is 5.33. The fourth-order valence-corrected chi connectivity index (χ4v) is 2.00. The first-order valence-corrected chi connectivity index (χ1v) is 6.38. The van der Waals surface area contributed by atoms with E-state index in [9.17, 15) is 4.79 Å². The van der Waals surface area contributed by atoms with E-state index in [-0.39, 0.29) is 0 Å². The zero-order valence-electron chi connectivity index (χ0n) is 9.37. The summed E-state index contributed by atoms with van der Waals surface area (Å²) in [5, 5.41) is 9.78. The van der Waals surface area contributed by atoms with Crippen molar-refractivity contribution in [1.29, 1.82) is 0 Å². The zero-order chi connectivity index (χ0) is 12.3. The summed E-state index contributed by atoms with van der Waals surface area (Å²) in [5.74, 6) is -0.187. The van der Waals surface area contributed by atoms with Gasteiger partial charge in [0.2, 0.25) is 0 Å². The molecule has 0 amide bonds. The first-order chi connectivity index (χ1) is 8.20. The fourth-order valence-electron chi connectivity index (χ4n) is 1.62. The number of rotatable bonds is 3. The van der Waals surface area contributed by atoms with Crippen LogP contribution in [0.25, 0.3) is 0 Å². The molecule has 2 rings (SSSR count). The molecule has 7 heteroatoms. The second-order valence-electron chi connectivity index (χ2n) is 3.56. The van der Waals surface area contributed by atoms with Crippen molar-refractivity contribution in [2.75, 3.05) is 30.9 Å². The van der Waals surface area contributed by atoms with Crippen LogP contribution in [0.4, 0.5) is 5.82 Å². The van der Waals surface area contributed by atoms with Crippen LogP contribution in [0.2, 0.25) is 0 Å². The van der Waals surface area contributed by atoms with E-state index in [1.165, 1.54) is 18.1 Å². The number of carbonyl (C=O) groups is 1. The predicted molar refractivity (Wildman–Crippen MR) is 63.4 cm³/mol. The highest BCUT2D eigenvalue weighted by Gasteiger charge is 2.26. The molecule has 0 saturated carbocycles. The second-order valence-corrected chi connectivity index (χ2v) is 4.39. The van der Waals surface area contributed by atoms with Crippen LogP contribution < -0.4 is 4.90 Å². The molecule has 0 aliphatic carbocycles. The van der Waals surface area contributed by atoms with Gasteiger partial charge in [-0.1, -0.05) is 0 Å². The Morgan fingerprint density at radius 2 is 2.47 bits per heavy atom. The highest BCUT2D eigenvalue weighted by atomic mass is 32.2. The smallest absolute Gasteiger partial charge is 0.334 e. The number of nitrogens with zero attached hydrogens (tertiary/aromatic N) is 3. The van der Waals surface area contributed by atoms with Gasteiger partial charge in [-0.2, -0.15) is 0 Å². The molecule has 92 valence electrons. The van der Waals surface area contributed by atoms with Gasteiger partial charge in [0.05, 0.1) is 13.2 Å². The lowest BCUT2D eigenvalue weighted by Crippen LogP contribution is -2.46. The normalized spacial score (nSPS) is 20.3. The van der Waals surface area contributed by atoms with Crippen molar-refractivity contribution in [1.82, 2.24) is 9.97 Å². The minimum absolute atomic E-state index is 0.320. The van der Waals surface area contributed by atoms with E-state index in [4.69, 9.17) is 9.84 Å². The summed E-state index contributed by atoms with van der Waals surface area (Å²) in [5.41, 5.74) is 0. The Hall–Kier alpha value is -1.34. The molecule has 17 heavy (non-hydrogen) atoms. The maximum absolute atomic E-state index is 10.9. The third-order valence-corrected chi connectivity index (χ3v) is 3.14. The topological polar surface area (TPSA) is 75.5 Å². The average Bonchev–Trinajstić information content (AvgIpc) is 2.39. The third kappa shape index (κ3) is 2.86. The number of anilines is 1. The number of morpholine rings is 1. The summed E-state index contributed by atoms with van der Waals surface area (Å²) in [4.78, 5) is 21.0. The van der Waals surface area contributed by atoms with Crippen LogP contribution in [-0.4, -0.2) is 53.1 Å². The first-order valence-electron chi connectivity index (χ1n) is 5.16. The molecular formula is C10H13N3O3S. The maximum atomic E-state index is 10.9. The van der Waals surface area contributed by atoms with E-state index in [1.54, 1.807) is 0 Å². The van der Waals surface area contributed by atoms with E-state index in [1.807, 2.05) is 17.2 Å². The van der Waals surface area contributed by atoms with Crippen molar-refractivity contribution < 1.29 is 14.6 Å². The molecule has 0 radical (unpaired) electrons. The molecule has 1 atom stereocenters. The number of aromatic nitrogens is 2. The van der Waals surface area contributed by atoms with Crippen molar-refractivity contribution in [3.63, 3.8) is 0 Å². The van der Waals surface area contributed by atoms with Gasteiger partial charge >= 0.3 is 5.97 Å². The standard InChI is InChI=1S/C10H13N3O3S/c1-17-9-4-8(11-6-12-9)13-2-3-16-7(5-13)10(14)15/h4,6-7H,2-3,5H2,1H3,(H,14,15). The molecule has 1 aromatic rings. The summed E-state index contributed by atoms with van der Waals surface area (Å²) in [7, 11) is 0. The molecule has 1 saturated heterocycles. The summed E-state index contributed by atoms with van der Waals surface area (Å²) in [6.45, 7) is 1.37. The van der Waals surface area contributed by atoms with E-state index in [0.717, 1.165) is 10.8 Å². The van der Waals surface area contributed by atoms with E-state index in [2.05, 4.69) is 9.97 Å². The minimum atomic E-state index is -0.936. The molecule has 6 nitrogen and oxygen atoms in total. The molecule has 1 aromatic heterocycles. The number of hydrogen-bond donors (Lipinski definition) is 1. The number of hydrogen-bond acceptors (Lipinski definition) is 6. The fraction of sp³-hybridized carbons (Fsp3) is 0.500. The molecule has 1 N–H and O–H groups in total. The van der Waals surface area contributed by atoms with Gasteiger partial charge in [0.15, 0.2) is 6.10 Å². The van der Waals surface area contributed by atoms with Crippen LogP contribution in [0.5, 0.6) is 0 Å². The van der Waals surface area contributed by atoms with Crippen LogP contribution in [0.1, 0.15) is 0 Å². The first kappa shape index (κ1) is 12.1. The van der Waals surface area contributed by atoms with Crippen molar-refractivity contribution in [3.8, 4) is 0 Å². The number of carboxylic acid groups (broad SMARTS) is 1. The Bertz CT molecular complexity index is 416. The lowest BCUT2D eigenvalue weighted by molar-refractivity contribution is -0.150. The van der Waals surface area contributed by atoms with E-state index >= 15 is 0 Å². The maximum Gasteiger partial charge on any atom is 0.334 e. The Morgan fingerprint density at radius 3 is 3.18 bits per heavy atom. The van der Waals surface area contributed by atoms with Crippen molar-refractivity contribution >= 4 is 23.5 Å². The molecule has 1 unspecified atom stereocenters. The highest BCUT2D eigenvalue weighted by Crippen LogP contribution is 2.19. The van der Waals surface area contributed by atoms with Gasteiger partial charge in [-0.3, -0.25) is 0 Å². The monoisotopic (exact) mass is 255 g/mol. The van der Waals surface area contributed by atoms with Gasteiger partial charge in [0.25, 0.3) is 0 Å². The Kier molecular flexibility index (Phi) is 3.80. The average molecular weight is 255 g/mol. The van der Waals surface area contributed by atoms with E-state index in [0.29, 0.717) is 19.7 Å². The molecule has 1 fully saturated rings. The van der Waals surface area contributed by atoms with Gasteiger partial charge < -0.3 is 14.7 Å². The lowest BCUT2D eigenvalue weighted by Gasteiger charge is -2.31. The molecule has 0 bridgehead atoms. The van der Waals surface area contributed by atoms with E-state index < -0.39 is 12.1 Å². The lowest BCUT2D eigenvalue weighted by atomic mass is 10.2. The van der Waals surface area contributed by atoms with Gasteiger partial charge in [-0.15, -0.1) is 11.8 Å². The number of thioether (sulfide) groups is 1. The summed E-state index contributed by atoms with van der Waals surface area (Å²) >= 11 is 1.53. The zero-order valence-corrected chi connectivity index (χ0v) is 10.2. The Balaban J connectivity index is 2.13. The van der Waals surface area contributed by atoms with Gasteiger partial charge in [0, 0.05) is 12.6 Å². The van der Waals surface area contributed by atoms with Gasteiger partial charge in [-0.25, -0.2) is 14.8 Å². The number of carboxylic acids is 1.